The number of piperidine rings is 1. The monoisotopic (exact) mass is 212 g/mol. The Labute approximate surface area is 95.4 Å². The molecule has 0 bridgehead atoms. The van der Waals surface area contributed by atoms with Crippen LogP contribution in [0.3, 0.4) is 0 Å². The van der Waals surface area contributed by atoms with Gasteiger partial charge in [0.05, 0.1) is 0 Å². The predicted octanol–water partition coefficient (Wildman–Crippen LogP) is 2.49. The Morgan fingerprint density at radius 1 is 1.40 bits per heavy atom. The van der Waals surface area contributed by atoms with Crippen LogP contribution in [-0.2, 0) is 0 Å². The Bertz CT molecular complexity index is 170. The Morgan fingerprint density at radius 3 is 2.73 bits per heavy atom. The second-order valence-electron chi connectivity index (χ2n) is 5.26. The van der Waals surface area contributed by atoms with Crippen molar-refractivity contribution in [1.29, 1.82) is 0 Å². The van der Waals surface area contributed by atoms with Gasteiger partial charge in [0, 0.05) is 12.1 Å². The van der Waals surface area contributed by atoms with Gasteiger partial charge in [-0.1, -0.05) is 13.8 Å². The minimum Gasteiger partial charge on any atom is -0.314 e. The quantitative estimate of drug-likeness (QED) is 0.753. The molecule has 1 rings (SSSR count). The molecule has 0 spiro atoms. The molecule has 1 heterocycles. The van der Waals surface area contributed by atoms with E-state index in [0.717, 1.165) is 18.5 Å². The van der Waals surface area contributed by atoms with Crippen LogP contribution in [0.4, 0.5) is 0 Å². The van der Waals surface area contributed by atoms with Gasteiger partial charge in [0.1, 0.15) is 0 Å². The van der Waals surface area contributed by atoms with Gasteiger partial charge in [0.15, 0.2) is 0 Å². The molecule has 0 amide bonds. The summed E-state index contributed by atoms with van der Waals surface area (Å²) in [5.74, 6) is 0.933. The largest absolute Gasteiger partial charge is 0.314 e. The third-order valence-electron chi connectivity index (χ3n) is 3.68. The van der Waals surface area contributed by atoms with Crippen LogP contribution in [0.2, 0.25) is 0 Å². The highest BCUT2D eigenvalue weighted by Gasteiger charge is 2.22. The molecule has 1 aliphatic heterocycles. The molecular formula is C13H28N2. The SMILES string of the molecule is CCNC(C)CCN1CCC(C)CC1C. The third-order valence-corrected chi connectivity index (χ3v) is 3.68. The summed E-state index contributed by atoms with van der Waals surface area (Å²) in [6, 6.07) is 1.46. The summed E-state index contributed by atoms with van der Waals surface area (Å²) < 4.78 is 0. The molecule has 1 fully saturated rings. The second kappa shape index (κ2) is 6.49. The van der Waals surface area contributed by atoms with Gasteiger partial charge in [0.25, 0.3) is 0 Å². The van der Waals surface area contributed by atoms with Crippen LogP contribution in [0.5, 0.6) is 0 Å². The van der Waals surface area contributed by atoms with E-state index in [4.69, 9.17) is 0 Å². The minimum atomic E-state index is 0.668. The van der Waals surface area contributed by atoms with Crippen LogP contribution in [-0.4, -0.2) is 36.6 Å². The fourth-order valence-electron chi connectivity index (χ4n) is 2.60. The molecule has 1 N–H and O–H groups in total. The first-order valence-corrected chi connectivity index (χ1v) is 6.61. The van der Waals surface area contributed by atoms with Gasteiger partial charge >= 0.3 is 0 Å². The van der Waals surface area contributed by atoms with Crippen LogP contribution >= 0.6 is 0 Å². The van der Waals surface area contributed by atoms with Crippen molar-refractivity contribution in [1.82, 2.24) is 10.2 Å². The highest BCUT2D eigenvalue weighted by molar-refractivity contribution is 4.77. The number of likely N-dealkylation sites (tertiary alicyclic amines) is 1. The van der Waals surface area contributed by atoms with E-state index < -0.39 is 0 Å². The first kappa shape index (κ1) is 13.0. The summed E-state index contributed by atoms with van der Waals surface area (Å²) in [4.78, 5) is 2.66. The molecule has 0 aromatic carbocycles. The van der Waals surface area contributed by atoms with E-state index in [9.17, 15) is 0 Å². The van der Waals surface area contributed by atoms with Crippen molar-refractivity contribution < 1.29 is 0 Å². The number of rotatable bonds is 5. The van der Waals surface area contributed by atoms with Gasteiger partial charge in [-0.2, -0.15) is 0 Å². The first-order valence-electron chi connectivity index (χ1n) is 6.61. The molecule has 2 heteroatoms. The predicted molar refractivity (Wildman–Crippen MR) is 67.2 cm³/mol. The number of hydrogen-bond donors (Lipinski definition) is 1. The molecule has 0 aliphatic carbocycles. The first-order chi connectivity index (χ1) is 7.13. The fraction of sp³-hybridized carbons (Fsp3) is 1.00. The van der Waals surface area contributed by atoms with Crippen molar-refractivity contribution in [3.63, 3.8) is 0 Å². The van der Waals surface area contributed by atoms with E-state index in [0.29, 0.717) is 6.04 Å². The molecule has 15 heavy (non-hydrogen) atoms. The van der Waals surface area contributed by atoms with Crippen LogP contribution in [0.15, 0.2) is 0 Å². The fourth-order valence-corrected chi connectivity index (χ4v) is 2.60. The van der Waals surface area contributed by atoms with Gasteiger partial charge in [-0.3, -0.25) is 0 Å². The zero-order valence-electron chi connectivity index (χ0n) is 10.9. The summed E-state index contributed by atoms with van der Waals surface area (Å²) in [5.41, 5.74) is 0. The summed E-state index contributed by atoms with van der Waals surface area (Å²) in [5, 5.41) is 3.48. The number of hydrogen-bond acceptors (Lipinski definition) is 2. The van der Waals surface area contributed by atoms with Crippen molar-refractivity contribution in [3.8, 4) is 0 Å². The zero-order chi connectivity index (χ0) is 11.3. The van der Waals surface area contributed by atoms with Crippen molar-refractivity contribution >= 4 is 0 Å². The maximum atomic E-state index is 3.48. The Balaban J connectivity index is 2.20. The van der Waals surface area contributed by atoms with Gasteiger partial charge in [0.2, 0.25) is 0 Å². The maximum Gasteiger partial charge on any atom is 0.00694 e. The Morgan fingerprint density at radius 2 is 2.13 bits per heavy atom. The molecule has 2 nitrogen and oxygen atoms in total. The van der Waals surface area contributed by atoms with Crippen LogP contribution in [0, 0.1) is 5.92 Å². The summed E-state index contributed by atoms with van der Waals surface area (Å²) >= 11 is 0. The Hall–Kier alpha value is -0.0800. The van der Waals surface area contributed by atoms with E-state index in [-0.39, 0.29) is 0 Å². The third kappa shape index (κ3) is 4.52. The average molecular weight is 212 g/mol. The summed E-state index contributed by atoms with van der Waals surface area (Å²) in [6.07, 6.45) is 4.06. The van der Waals surface area contributed by atoms with Crippen molar-refractivity contribution in [2.24, 2.45) is 5.92 Å². The number of nitrogens with one attached hydrogen (secondary N) is 1. The van der Waals surface area contributed by atoms with E-state index in [1.807, 2.05) is 0 Å². The van der Waals surface area contributed by atoms with E-state index in [1.54, 1.807) is 0 Å². The van der Waals surface area contributed by atoms with E-state index >= 15 is 0 Å². The zero-order valence-corrected chi connectivity index (χ0v) is 10.9. The van der Waals surface area contributed by atoms with Gasteiger partial charge in [-0.05, 0) is 58.7 Å². The van der Waals surface area contributed by atoms with Crippen molar-refractivity contribution in [2.45, 2.75) is 59.0 Å². The summed E-state index contributed by atoms with van der Waals surface area (Å²) in [6.45, 7) is 12.9. The molecular weight excluding hydrogens is 184 g/mol. The Kier molecular flexibility index (Phi) is 5.62. The molecule has 90 valence electrons. The van der Waals surface area contributed by atoms with E-state index in [2.05, 4.69) is 37.9 Å². The molecule has 0 aromatic rings. The van der Waals surface area contributed by atoms with Crippen molar-refractivity contribution in [3.05, 3.63) is 0 Å². The molecule has 0 radical (unpaired) electrons. The van der Waals surface area contributed by atoms with Gasteiger partial charge < -0.3 is 10.2 Å². The smallest absolute Gasteiger partial charge is 0.00694 e. The van der Waals surface area contributed by atoms with Gasteiger partial charge in [-0.25, -0.2) is 0 Å². The standard InChI is InChI=1S/C13H28N2/c1-5-14-12(3)7-9-15-8-6-11(2)10-13(15)4/h11-14H,5-10H2,1-4H3. The maximum absolute atomic E-state index is 3.48. The lowest BCUT2D eigenvalue weighted by Gasteiger charge is -2.37. The molecule has 1 aliphatic rings. The highest BCUT2D eigenvalue weighted by Crippen LogP contribution is 2.22. The lowest BCUT2D eigenvalue weighted by atomic mass is 9.93. The van der Waals surface area contributed by atoms with Crippen LogP contribution in [0.1, 0.15) is 47.0 Å². The minimum absolute atomic E-state index is 0.668. The summed E-state index contributed by atoms with van der Waals surface area (Å²) in [7, 11) is 0. The lowest BCUT2D eigenvalue weighted by molar-refractivity contribution is 0.125. The normalized spacial score (nSPS) is 30.4. The van der Waals surface area contributed by atoms with E-state index in [1.165, 1.54) is 32.4 Å². The van der Waals surface area contributed by atoms with Crippen molar-refractivity contribution in [2.75, 3.05) is 19.6 Å². The molecule has 0 saturated carbocycles. The van der Waals surface area contributed by atoms with Crippen LogP contribution < -0.4 is 5.32 Å². The number of nitrogens with zero attached hydrogens (tertiary/aromatic N) is 1. The molecule has 3 unspecified atom stereocenters. The van der Waals surface area contributed by atoms with Crippen LogP contribution in [0.25, 0.3) is 0 Å². The average Bonchev–Trinajstić information content (AvgIpc) is 2.17. The highest BCUT2D eigenvalue weighted by atomic mass is 15.2. The molecule has 3 atom stereocenters. The second-order valence-corrected chi connectivity index (χ2v) is 5.26. The molecule has 0 aromatic heterocycles. The van der Waals surface area contributed by atoms with Gasteiger partial charge in [-0.15, -0.1) is 0 Å². The topological polar surface area (TPSA) is 15.3 Å². The molecule has 1 saturated heterocycles. The lowest BCUT2D eigenvalue weighted by Crippen LogP contribution is -2.42.